The maximum atomic E-state index is 12.5. The van der Waals surface area contributed by atoms with Crippen LogP contribution in [0.3, 0.4) is 0 Å². The maximum Gasteiger partial charge on any atom is 0.271 e. The van der Waals surface area contributed by atoms with Gasteiger partial charge in [-0.15, -0.1) is 11.3 Å². The lowest BCUT2D eigenvalue weighted by atomic mass is 10.1. The molecule has 0 radical (unpaired) electrons. The second-order valence-corrected chi connectivity index (χ2v) is 9.72. The first-order chi connectivity index (χ1) is 12.3. The number of fused-ring (bicyclic) bond motifs is 1. The second-order valence-electron chi connectivity index (χ2n) is 5.35. The summed E-state index contributed by atoms with van der Waals surface area (Å²) in [5, 5.41) is 12.0. The number of nitrogens with two attached hydrogens (primary N) is 1. The van der Waals surface area contributed by atoms with Gasteiger partial charge in [-0.2, -0.15) is 5.10 Å². The summed E-state index contributed by atoms with van der Waals surface area (Å²) in [5.41, 5.74) is 10.3. The Bertz CT molecular complexity index is 1120. The Kier molecular flexibility index (Phi) is 5.03. The molecule has 1 aromatic carbocycles. The van der Waals surface area contributed by atoms with Gasteiger partial charge in [0.05, 0.1) is 9.50 Å². The number of halogens is 1. The predicted molar refractivity (Wildman–Crippen MR) is 108 cm³/mol. The van der Waals surface area contributed by atoms with Crippen LogP contribution in [-0.4, -0.2) is 25.1 Å². The van der Waals surface area contributed by atoms with Crippen molar-refractivity contribution in [3.05, 3.63) is 45.9 Å². The van der Waals surface area contributed by atoms with Crippen LogP contribution in [0.1, 0.15) is 12.5 Å². The van der Waals surface area contributed by atoms with E-state index in [0.29, 0.717) is 11.4 Å². The number of sulfonamides is 1. The summed E-state index contributed by atoms with van der Waals surface area (Å²) < 4.78 is 28.5. The van der Waals surface area contributed by atoms with Crippen LogP contribution < -0.4 is 15.9 Å². The molecule has 2 aromatic heterocycles. The number of nitrogens with one attached hydrogen (secondary N) is 4. The van der Waals surface area contributed by atoms with Crippen molar-refractivity contribution in [2.45, 2.75) is 11.1 Å². The summed E-state index contributed by atoms with van der Waals surface area (Å²) in [6.45, 7) is 1.76. The highest BCUT2D eigenvalue weighted by Gasteiger charge is 2.17. The Morgan fingerprint density at radius 3 is 2.77 bits per heavy atom. The van der Waals surface area contributed by atoms with Gasteiger partial charge < -0.3 is 10.7 Å². The summed E-state index contributed by atoms with van der Waals surface area (Å²) in [7, 11) is -3.66. The van der Waals surface area contributed by atoms with E-state index in [2.05, 4.69) is 36.2 Å². The van der Waals surface area contributed by atoms with E-state index >= 15 is 0 Å². The van der Waals surface area contributed by atoms with Gasteiger partial charge >= 0.3 is 0 Å². The number of thiophene rings is 1. The molecule has 6 N–H and O–H groups in total. The fraction of sp³-hybridized carbons (Fsp3) is 0.0667. The van der Waals surface area contributed by atoms with E-state index in [0.717, 1.165) is 31.6 Å². The largest absolute Gasteiger partial charge is 0.369 e. The Hall–Kier alpha value is -2.37. The lowest BCUT2D eigenvalue weighted by molar-refractivity contribution is 0.603. The van der Waals surface area contributed by atoms with Crippen molar-refractivity contribution in [3.63, 3.8) is 0 Å². The molecule has 0 aliphatic heterocycles. The van der Waals surface area contributed by atoms with Crippen molar-refractivity contribution in [2.75, 3.05) is 4.72 Å². The van der Waals surface area contributed by atoms with E-state index < -0.39 is 10.0 Å². The van der Waals surface area contributed by atoms with E-state index in [9.17, 15) is 8.42 Å². The number of benzene rings is 1. The summed E-state index contributed by atoms with van der Waals surface area (Å²) in [6.07, 6.45) is 1.76. The minimum atomic E-state index is -3.66. The van der Waals surface area contributed by atoms with Crippen LogP contribution in [0.15, 0.2) is 49.6 Å². The van der Waals surface area contributed by atoms with Gasteiger partial charge in [0, 0.05) is 28.4 Å². The Labute approximate surface area is 162 Å². The molecule has 3 aromatic rings. The second kappa shape index (κ2) is 7.09. The Morgan fingerprint density at radius 1 is 1.35 bits per heavy atom. The van der Waals surface area contributed by atoms with E-state index in [4.69, 9.17) is 11.1 Å². The molecular weight excluding hydrogens is 440 g/mol. The van der Waals surface area contributed by atoms with Gasteiger partial charge in [-0.25, -0.2) is 13.8 Å². The summed E-state index contributed by atoms with van der Waals surface area (Å²) >= 11 is 4.40. The highest BCUT2D eigenvalue weighted by atomic mass is 79.9. The third-order valence-electron chi connectivity index (χ3n) is 3.48. The molecular formula is C15H15BrN6O2S2. The van der Waals surface area contributed by atoms with Gasteiger partial charge in [0.1, 0.15) is 4.21 Å². The van der Waals surface area contributed by atoms with E-state index in [1.54, 1.807) is 43.5 Å². The first kappa shape index (κ1) is 18.4. The molecule has 0 fully saturated rings. The smallest absolute Gasteiger partial charge is 0.271 e. The third kappa shape index (κ3) is 3.89. The van der Waals surface area contributed by atoms with Crippen molar-refractivity contribution in [3.8, 4) is 0 Å². The zero-order valence-electron chi connectivity index (χ0n) is 13.5. The number of hydrogen-bond acceptors (Lipinski definition) is 5. The van der Waals surface area contributed by atoms with Crippen LogP contribution in [0.5, 0.6) is 0 Å². The predicted octanol–water partition coefficient (Wildman–Crippen LogP) is 3.00. The number of H-pyrrole nitrogens is 1. The number of anilines is 1. The summed E-state index contributed by atoms with van der Waals surface area (Å²) in [5.74, 6) is -0.264. The Balaban J connectivity index is 1.95. The molecule has 11 heteroatoms. The van der Waals surface area contributed by atoms with Crippen molar-refractivity contribution in [1.82, 2.24) is 10.4 Å². The fourth-order valence-corrected chi connectivity index (χ4v) is 5.39. The van der Waals surface area contributed by atoms with Crippen LogP contribution in [0, 0.1) is 5.41 Å². The van der Waals surface area contributed by atoms with Crippen LogP contribution in [-0.2, 0) is 10.0 Å². The van der Waals surface area contributed by atoms with E-state index in [-0.39, 0.29) is 10.2 Å². The highest BCUT2D eigenvalue weighted by molar-refractivity contribution is 9.11. The van der Waals surface area contributed by atoms with Gasteiger partial charge in [0.2, 0.25) is 5.96 Å². The minimum Gasteiger partial charge on any atom is -0.369 e. The topological polar surface area (TPSA) is 136 Å². The van der Waals surface area contributed by atoms with Crippen molar-refractivity contribution >= 4 is 65.6 Å². The standard InChI is InChI=1S/C15H15BrN6O2S2/c1-8(20-21-15(17)18)11-7-19-12-3-2-9(6-10(11)12)22-26(23,24)14-5-4-13(16)25-14/h2-7,19,22H,1H3,(H4,17,18,21)/b20-8+. The monoisotopic (exact) mass is 454 g/mol. The van der Waals surface area contributed by atoms with E-state index in [1.165, 1.54) is 0 Å². The highest BCUT2D eigenvalue weighted by Crippen LogP contribution is 2.29. The van der Waals surface area contributed by atoms with Crippen LogP contribution in [0.2, 0.25) is 0 Å². The average Bonchev–Trinajstić information content (AvgIpc) is 3.18. The van der Waals surface area contributed by atoms with Crippen LogP contribution in [0.25, 0.3) is 10.9 Å². The fourth-order valence-electron chi connectivity index (χ4n) is 2.34. The quantitative estimate of drug-likeness (QED) is 0.230. The molecule has 0 saturated heterocycles. The van der Waals surface area contributed by atoms with Crippen molar-refractivity contribution in [2.24, 2.45) is 10.8 Å². The first-order valence-corrected chi connectivity index (χ1v) is 10.4. The maximum absolute atomic E-state index is 12.5. The molecule has 136 valence electrons. The molecule has 8 nitrogen and oxygen atoms in total. The molecule has 0 aliphatic carbocycles. The molecule has 26 heavy (non-hydrogen) atoms. The van der Waals surface area contributed by atoms with Crippen molar-refractivity contribution in [1.29, 1.82) is 5.41 Å². The molecule has 0 amide bonds. The number of aromatic amines is 1. The molecule has 0 atom stereocenters. The molecule has 2 heterocycles. The first-order valence-electron chi connectivity index (χ1n) is 7.30. The normalized spacial score (nSPS) is 12.3. The number of hydrogen-bond donors (Lipinski definition) is 5. The lowest BCUT2D eigenvalue weighted by Gasteiger charge is -2.07. The molecule has 0 spiro atoms. The van der Waals surface area contributed by atoms with Gasteiger partial charge in [0.15, 0.2) is 0 Å². The third-order valence-corrected chi connectivity index (χ3v) is 6.98. The zero-order valence-corrected chi connectivity index (χ0v) is 16.7. The number of aromatic nitrogens is 1. The molecule has 0 aliphatic rings. The van der Waals surface area contributed by atoms with Crippen molar-refractivity contribution < 1.29 is 8.42 Å². The number of nitrogens with zero attached hydrogens (tertiary/aromatic N) is 1. The molecule has 0 unspecified atom stereocenters. The lowest BCUT2D eigenvalue weighted by Crippen LogP contribution is -2.26. The number of hydrazone groups is 1. The van der Waals surface area contributed by atoms with Crippen LogP contribution in [0.4, 0.5) is 5.69 Å². The number of rotatable bonds is 5. The van der Waals surface area contributed by atoms with Gasteiger partial charge in [-0.05, 0) is 53.2 Å². The SMILES string of the molecule is C/C(=N\NC(=N)N)c1c[nH]c2ccc(NS(=O)(=O)c3ccc(Br)s3)cc12. The van der Waals surface area contributed by atoms with Gasteiger partial charge in [-0.3, -0.25) is 10.1 Å². The van der Waals surface area contributed by atoms with Gasteiger partial charge in [-0.1, -0.05) is 0 Å². The van der Waals surface area contributed by atoms with E-state index in [1.807, 2.05) is 0 Å². The van der Waals surface area contributed by atoms with Crippen LogP contribution >= 0.6 is 27.3 Å². The summed E-state index contributed by atoms with van der Waals surface area (Å²) in [6, 6.07) is 8.43. The number of guanidine groups is 1. The zero-order chi connectivity index (χ0) is 18.9. The minimum absolute atomic E-state index is 0.224. The molecule has 0 saturated carbocycles. The van der Waals surface area contributed by atoms with Gasteiger partial charge in [0.25, 0.3) is 10.0 Å². The Morgan fingerprint density at radius 2 is 2.12 bits per heavy atom. The molecule has 0 bridgehead atoms. The molecule has 3 rings (SSSR count). The summed E-state index contributed by atoms with van der Waals surface area (Å²) in [4.78, 5) is 3.11. The average molecular weight is 455 g/mol.